The fourth-order valence-electron chi connectivity index (χ4n) is 2.94. The Morgan fingerprint density at radius 2 is 1.94 bits per heavy atom. The van der Waals surface area contributed by atoms with Crippen LogP contribution in [0.25, 0.3) is 0 Å². The highest BCUT2D eigenvalue weighted by Crippen LogP contribution is 2.40. The molecule has 0 saturated carbocycles. The summed E-state index contributed by atoms with van der Waals surface area (Å²) in [6.45, 7) is 10.4. The molecule has 1 aromatic rings. The number of fused-ring (bicyclic) bond motifs is 3. The molecule has 1 unspecified atom stereocenters. The average molecular weight is 251 g/mol. The number of nitrogens with zero attached hydrogens (tertiary/aromatic N) is 3. The van der Waals surface area contributed by atoms with Crippen LogP contribution in [0.1, 0.15) is 50.4 Å². The van der Waals surface area contributed by atoms with Crippen LogP contribution >= 0.6 is 11.5 Å². The minimum atomic E-state index is 0.0860. The predicted molar refractivity (Wildman–Crippen MR) is 70.5 cm³/mol. The topological polar surface area (TPSA) is 29.0 Å². The summed E-state index contributed by atoms with van der Waals surface area (Å²) >= 11 is 1.63. The molecule has 3 fully saturated rings. The molecule has 2 bridgehead atoms. The largest absolute Gasteiger partial charge is 0.303 e. The molecule has 3 aliphatic rings. The maximum atomic E-state index is 4.80. The van der Waals surface area contributed by atoms with Gasteiger partial charge in [-0.2, -0.15) is 4.37 Å². The minimum Gasteiger partial charge on any atom is -0.303 e. The predicted octanol–water partition coefficient (Wildman–Crippen LogP) is 2.64. The molecule has 4 heterocycles. The molecular weight excluding hydrogens is 230 g/mol. The summed E-state index contributed by atoms with van der Waals surface area (Å²) < 4.78 is 4.56. The number of hydrogen-bond donors (Lipinski definition) is 0. The molecule has 3 nitrogen and oxygen atoms in total. The van der Waals surface area contributed by atoms with Crippen molar-refractivity contribution in [2.24, 2.45) is 5.92 Å². The van der Waals surface area contributed by atoms with Gasteiger partial charge in [0, 0.05) is 17.9 Å². The van der Waals surface area contributed by atoms with E-state index >= 15 is 0 Å². The van der Waals surface area contributed by atoms with E-state index in [1.807, 2.05) is 0 Å². The van der Waals surface area contributed by atoms with Crippen LogP contribution in [0.3, 0.4) is 0 Å². The first-order valence-corrected chi connectivity index (χ1v) is 7.38. The molecule has 3 saturated heterocycles. The van der Waals surface area contributed by atoms with Gasteiger partial charge in [-0.05, 0) is 43.4 Å². The molecule has 0 radical (unpaired) electrons. The van der Waals surface area contributed by atoms with Crippen LogP contribution in [0.2, 0.25) is 0 Å². The lowest BCUT2D eigenvalue weighted by Gasteiger charge is -2.43. The van der Waals surface area contributed by atoms with E-state index in [9.17, 15) is 0 Å². The first kappa shape index (κ1) is 11.6. The summed E-state index contributed by atoms with van der Waals surface area (Å²) in [7, 11) is 0. The van der Waals surface area contributed by atoms with Gasteiger partial charge in [0.2, 0.25) is 0 Å². The number of piperidine rings is 3. The van der Waals surface area contributed by atoms with Crippen molar-refractivity contribution < 1.29 is 0 Å². The number of aromatic nitrogens is 2. The zero-order valence-corrected chi connectivity index (χ0v) is 11.8. The molecule has 4 heteroatoms. The van der Waals surface area contributed by atoms with Crippen LogP contribution in [0.15, 0.2) is 0 Å². The monoisotopic (exact) mass is 251 g/mol. The second-order valence-corrected chi connectivity index (χ2v) is 7.23. The molecule has 1 aromatic heterocycles. The normalized spacial score (nSPS) is 33.0. The van der Waals surface area contributed by atoms with Crippen molar-refractivity contribution in [3.05, 3.63) is 10.8 Å². The maximum Gasteiger partial charge on any atom is 0.147 e. The lowest BCUT2D eigenvalue weighted by atomic mass is 9.79. The van der Waals surface area contributed by atoms with Crippen LogP contribution < -0.4 is 0 Å². The van der Waals surface area contributed by atoms with Crippen molar-refractivity contribution in [2.45, 2.75) is 44.9 Å². The van der Waals surface area contributed by atoms with Gasteiger partial charge >= 0.3 is 0 Å². The van der Waals surface area contributed by atoms with Gasteiger partial charge in [-0.15, -0.1) is 0 Å². The fourth-order valence-corrected chi connectivity index (χ4v) is 3.96. The number of hydrogen-bond acceptors (Lipinski definition) is 4. The standard InChI is InChI=1S/C13H21N3S/c1-13(2,3)12-14-11(17-15-12)10-8-16-6-4-9(10)5-7-16/h9-10H,4-8H2,1-3H3. The second-order valence-electron chi connectivity index (χ2n) is 6.45. The third-order valence-electron chi connectivity index (χ3n) is 4.09. The van der Waals surface area contributed by atoms with Gasteiger partial charge in [-0.1, -0.05) is 20.8 Å². The van der Waals surface area contributed by atoms with Gasteiger partial charge in [0.1, 0.15) is 10.8 Å². The van der Waals surface area contributed by atoms with E-state index < -0.39 is 0 Å². The summed E-state index contributed by atoms with van der Waals surface area (Å²) in [5, 5.41) is 1.28. The molecule has 0 aromatic carbocycles. The lowest BCUT2D eigenvalue weighted by molar-refractivity contribution is 0.0869. The van der Waals surface area contributed by atoms with Gasteiger partial charge in [0.15, 0.2) is 0 Å². The SMILES string of the molecule is CC(C)(C)c1nsc(C2CN3CCC2CC3)n1. The van der Waals surface area contributed by atoms with Crippen molar-refractivity contribution in [1.29, 1.82) is 0 Å². The molecule has 17 heavy (non-hydrogen) atoms. The van der Waals surface area contributed by atoms with E-state index in [-0.39, 0.29) is 5.41 Å². The first-order valence-electron chi connectivity index (χ1n) is 6.60. The van der Waals surface area contributed by atoms with Crippen molar-refractivity contribution in [3.63, 3.8) is 0 Å². The second kappa shape index (κ2) is 4.02. The molecule has 4 rings (SSSR count). The van der Waals surface area contributed by atoms with E-state index in [1.54, 1.807) is 11.5 Å². The Bertz CT molecular complexity index is 399. The average Bonchev–Trinajstić information content (AvgIpc) is 2.79. The number of rotatable bonds is 1. The first-order chi connectivity index (χ1) is 8.04. The van der Waals surface area contributed by atoms with Crippen molar-refractivity contribution in [1.82, 2.24) is 14.3 Å². The van der Waals surface area contributed by atoms with Gasteiger partial charge in [-0.3, -0.25) is 0 Å². The summed E-state index contributed by atoms with van der Waals surface area (Å²) in [5.74, 6) is 2.54. The van der Waals surface area contributed by atoms with Crippen molar-refractivity contribution >= 4 is 11.5 Å². The molecule has 94 valence electrons. The zero-order chi connectivity index (χ0) is 12.0. The molecule has 0 aliphatic carbocycles. The summed E-state index contributed by atoms with van der Waals surface area (Å²) in [6.07, 6.45) is 2.71. The Balaban J connectivity index is 1.83. The molecular formula is C13H21N3S. The Hall–Kier alpha value is -0.480. The minimum absolute atomic E-state index is 0.0860. The van der Waals surface area contributed by atoms with Crippen LogP contribution in [-0.4, -0.2) is 33.9 Å². The highest BCUT2D eigenvalue weighted by atomic mass is 32.1. The zero-order valence-electron chi connectivity index (χ0n) is 10.9. The third kappa shape index (κ3) is 2.13. The fraction of sp³-hybridized carbons (Fsp3) is 0.846. The van der Waals surface area contributed by atoms with Gasteiger partial charge < -0.3 is 4.90 Å². The van der Waals surface area contributed by atoms with Crippen LogP contribution in [0.5, 0.6) is 0 Å². The lowest BCUT2D eigenvalue weighted by Crippen LogP contribution is -2.46. The van der Waals surface area contributed by atoms with E-state index in [4.69, 9.17) is 4.98 Å². The smallest absolute Gasteiger partial charge is 0.147 e. The Labute approximate surface area is 107 Å². The van der Waals surface area contributed by atoms with Crippen LogP contribution in [-0.2, 0) is 5.41 Å². The van der Waals surface area contributed by atoms with Crippen LogP contribution in [0.4, 0.5) is 0 Å². The summed E-state index contributed by atoms with van der Waals surface area (Å²) in [5.41, 5.74) is 0.0860. The van der Waals surface area contributed by atoms with E-state index in [1.165, 1.54) is 37.5 Å². The molecule has 0 spiro atoms. The Kier molecular flexibility index (Phi) is 2.75. The molecule has 0 N–H and O–H groups in total. The van der Waals surface area contributed by atoms with Crippen LogP contribution in [0, 0.1) is 5.92 Å². The quantitative estimate of drug-likeness (QED) is 0.768. The van der Waals surface area contributed by atoms with Crippen molar-refractivity contribution in [2.75, 3.05) is 19.6 Å². The highest BCUT2D eigenvalue weighted by Gasteiger charge is 2.37. The van der Waals surface area contributed by atoms with Crippen molar-refractivity contribution in [3.8, 4) is 0 Å². The highest BCUT2D eigenvalue weighted by molar-refractivity contribution is 7.05. The van der Waals surface area contributed by atoms with E-state index in [2.05, 4.69) is 30.0 Å². The summed E-state index contributed by atoms with van der Waals surface area (Å²) in [6, 6.07) is 0. The molecule has 1 atom stereocenters. The summed E-state index contributed by atoms with van der Waals surface area (Å²) in [4.78, 5) is 7.39. The Morgan fingerprint density at radius 1 is 1.24 bits per heavy atom. The van der Waals surface area contributed by atoms with E-state index in [0.29, 0.717) is 5.92 Å². The van der Waals surface area contributed by atoms with Gasteiger partial charge in [0.25, 0.3) is 0 Å². The van der Waals surface area contributed by atoms with Gasteiger partial charge in [0.05, 0.1) is 0 Å². The van der Waals surface area contributed by atoms with E-state index in [0.717, 1.165) is 11.7 Å². The Morgan fingerprint density at radius 3 is 2.41 bits per heavy atom. The third-order valence-corrected chi connectivity index (χ3v) is 4.93. The molecule has 3 aliphatic heterocycles. The maximum absolute atomic E-state index is 4.80. The molecule has 0 amide bonds. The van der Waals surface area contributed by atoms with Gasteiger partial charge in [-0.25, -0.2) is 4.98 Å².